The van der Waals surface area contributed by atoms with Gasteiger partial charge in [0.15, 0.2) is 0 Å². The van der Waals surface area contributed by atoms with Crippen LogP contribution < -0.4 is 5.73 Å². The van der Waals surface area contributed by atoms with E-state index in [9.17, 15) is 4.79 Å². The summed E-state index contributed by atoms with van der Waals surface area (Å²) < 4.78 is 4.60. The highest BCUT2D eigenvalue weighted by Crippen LogP contribution is 2.24. The maximum absolute atomic E-state index is 11.0. The van der Waals surface area contributed by atoms with E-state index in [1.54, 1.807) is 11.8 Å². The fourth-order valence-electron chi connectivity index (χ4n) is 1.79. The second kappa shape index (κ2) is 7.70. The zero-order chi connectivity index (χ0) is 15.2. The Morgan fingerprint density at radius 3 is 2.40 bits per heavy atom. The number of hydrogen-bond acceptors (Lipinski definition) is 4. The Balaban J connectivity index is 2.44. The number of carbonyl (C=O) groups is 1. The fraction of sp³-hybridized carbons (Fsp3) is 0.562. The summed E-state index contributed by atoms with van der Waals surface area (Å²) in [6.07, 6.45) is 0.441. The molecule has 0 amide bonds. The van der Waals surface area contributed by atoms with E-state index in [2.05, 4.69) is 49.8 Å². The van der Waals surface area contributed by atoms with Gasteiger partial charge in [0.25, 0.3) is 0 Å². The third kappa shape index (κ3) is 5.55. The molecule has 20 heavy (non-hydrogen) atoms. The zero-order valence-electron chi connectivity index (χ0n) is 12.8. The summed E-state index contributed by atoms with van der Waals surface area (Å²) in [5.74, 6) is 1.40. The quantitative estimate of drug-likeness (QED) is 0.646. The number of rotatable bonds is 6. The van der Waals surface area contributed by atoms with Crippen molar-refractivity contribution in [3.05, 3.63) is 35.4 Å². The molecule has 0 spiro atoms. The van der Waals surface area contributed by atoms with Crippen molar-refractivity contribution in [2.45, 2.75) is 38.6 Å². The summed E-state index contributed by atoms with van der Waals surface area (Å²) in [5.41, 5.74) is 8.79. The molecule has 0 bridgehead atoms. The second-order valence-corrected chi connectivity index (χ2v) is 7.03. The average Bonchev–Trinajstić information content (AvgIpc) is 2.42. The van der Waals surface area contributed by atoms with Gasteiger partial charge in [-0.15, -0.1) is 0 Å². The first-order valence-corrected chi connectivity index (χ1v) is 8.00. The van der Waals surface area contributed by atoms with Crippen LogP contribution in [0, 0.1) is 0 Å². The van der Waals surface area contributed by atoms with E-state index < -0.39 is 0 Å². The highest BCUT2D eigenvalue weighted by molar-refractivity contribution is 7.99. The van der Waals surface area contributed by atoms with Crippen molar-refractivity contribution in [2.24, 2.45) is 5.73 Å². The fourth-order valence-corrected chi connectivity index (χ4v) is 2.72. The lowest BCUT2D eigenvalue weighted by atomic mass is 9.86. The molecule has 0 radical (unpaired) electrons. The summed E-state index contributed by atoms with van der Waals surface area (Å²) in [4.78, 5) is 11.0. The van der Waals surface area contributed by atoms with Crippen LogP contribution in [-0.4, -0.2) is 24.6 Å². The maximum atomic E-state index is 11.0. The number of benzene rings is 1. The standard InChI is InChI=1S/C16H25NO2S/c1-16(2,3)13-7-5-12(6-8-13)14(17)11-20-10-9-15(18)19-4/h5-8,14H,9-11,17H2,1-4H3. The number of ether oxygens (including phenoxy) is 1. The van der Waals surface area contributed by atoms with Crippen LogP contribution in [0.1, 0.15) is 44.4 Å². The molecule has 0 heterocycles. The molecule has 0 aliphatic carbocycles. The van der Waals surface area contributed by atoms with Gasteiger partial charge in [0.2, 0.25) is 0 Å². The van der Waals surface area contributed by atoms with Gasteiger partial charge in [-0.3, -0.25) is 4.79 Å². The van der Waals surface area contributed by atoms with Gasteiger partial charge in [0, 0.05) is 17.5 Å². The van der Waals surface area contributed by atoms with Crippen molar-refractivity contribution in [1.82, 2.24) is 0 Å². The normalized spacial score (nSPS) is 13.1. The topological polar surface area (TPSA) is 52.3 Å². The third-order valence-electron chi connectivity index (χ3n) is 3.18. The van der Waals surface area contributed by atoms with Crippen LogP contribution in [0.5, 0.6) is 0 Å². The summed E-state index contributed by atoms with van der Waals surface area (Å²) in [7, 11) is 1.41. The number of methoxy groups -OCH3 is 1. The molecule has 0 saturated carbocycles. The van der Waals surface area contributed by atoms with Crippen LogP contribution in [-0.2, 0) is 14.9 Å². The smallest absolute Gasteiger partial charge is 0.306 e. The van der Waals surface area contributed by atoms with Crippen LogP contribution in [0.2, 0.25) is 0 Å². The maximum Gasteiger partial charge on any atom is 0.306 e. The van der Waals surface area contributed by atoms with Crippen molar-refractivity contribution in [2.75, 3.05) is 18.6 Å². The molecule has 0 fully saturated rings. The Bertz CT molecular complexity index is 423. The first kappa shape index (κ1) is 17.1. The number of esters is 1. The molecule has 4 heteroatoms. The molecule has 1 atom stereocenters. The Hall–Kier alpha value is -1.00. The van der Waals surface area contributed by atoms with Crippen LogP contribution in [0.3, 0.4) is 0 Å². The van der Waals surface area contributed by atoms with E-state index in [1.165, 1.54) is 12.7 Å². The minimum atomic E-state index is -0.166. The van der Waals surface area contributed by atoms with Crippen LogP contribution in [0.4, 0.5) is 0 Å². The van der Waals surface area contributed by atoms with Gasteiger partial charge >= 0.3 is 5.97 Å². The molecule has 0 aromatic heterocycles. The van der Waals surface area contributed by atoms with Gasteiger partial charge < -0.3 is 10.5 Å². The summed E-state index contributed by atoms with van der Waals surface area (Å²) in [5, 5.41) is 0. The van der Waals surface area contributed by atoms with E-state index >= 15 is 0 Å². The molecule has 0 aliphatic rings. The molecular weight excluding hydrogens is 270 g/mol. The molecule has 3 nitrogen and oxygen atoms in total. The number of thioether (sulfide) groups is 1. The lowest BCUT2D eigenvalue weighted by Crippen LogP contribution is -2.15. The Kier molecular flexibility index (Phi) is 6.56. The van der Waals surface area contributed by atoms with E-state index in [0.717, 1.165) is 17.1 Å². The van der Waals surface area contributed by atoms with Crippen molar-refractivity contribution < 1.29 is 9.53 Å². The lowest BCUT2D eigenvalue weighted by molar-refractivity contribution is -0.140. The zero-order valence-corrected chi connectivity index (χ0v) is 13.6. The Labute approximate surface area is 126 Å². The first-order chi connectivity index (χ1) is 9.34. The summed E-state index contributed by atoms with van der Waals surface area (Å²) in [6.45, 7) is 6.60. The lowest BCUT2D eigenvalue weighted by Gasteiger charge is -2.20. The van der Waals surface area contributed by atoms with E-state index in [1.807, 2.05) is 0 Å². The molecule has 1 aromatic rings. The number of nitrogens with two attached hydrogens (primary N) is 1. The summed E-state index contributed by atoms with van der Waals surface area (Å²) >= 11 is 1.68. The van der Waals surface area contributed by atoms with Gasteiger partial charge in [-0.1, -0.05) is 45.0 Å². The van der Waals surface area contributed by atoms with Crippen LogP contribution in [0.25, 0.3) is 0 Å². The monoisotopic (exact) mass is 295 g/mol. The molecule has 1 aromatic carbocycles. The minimum absolute atomic E-state index is 0.00617. The minimum Gasteiger partial charge on any atom is -0.469 e. The summed E-state index contributed by atoms with van der Waals surface area (Å²) in [6, 6.07) is 8.51. The van der Waals surface area contributed by atoms with E-state index in [4.69, 9.17) is 5.73 Å². The predicted molar refractivity (Wildman–Crippen MR) is 86.0 cm³/mol. The molecule has 0 aliphatic heterocycles. The Morgan fingerprint density at radius 1 is 1.30 bits per heavy atom. The number of hydrogen-bond donors (Lipinski definition) is 1. The van der Waals surface area contributed by atoms with Crippen LogP contribution in [0.15, 0.2) is 24.3 Å². The van der Waals surface area contributed by atoms with E-state index in [-0.39, 0.29) is 17.4 Å². The van der Waals surface area contributed by atoms with Crippen molar-refractivity contribution >= 4 is 17.7 Å². The largest absolute Gasteiger partial charge is 0.469 e. The van der Waals surface area contributed by atoms with Crippen molar-refractivity contribution in [1.29, 1.82) is 0 Å². The van der Waals surface area contributed by atoms with Gasteiger partial charge in [0.05, 0.1) is 13.5 Å². The Morgan fingerprint density at radius 2 is 1.90 bits per heavy atom. The van der Waals surface area contributed by atoms with Gasteiger partial charge in [0.1, 0.15) is 0 Å². The second-order valence-electron chi connectivity index (χ2n) is 5.88. The predicted octanol–water partition coefficient (Wildman–Crippen LogP) is 3.28. The van der Waals surface area contributed by atoms with Gasteiger partial charge in [-0.05, 0) is 16.5 Å². The first-order valence-electron chi connectivity index (χ1n) is 6.85. The molecule has 1 rings (SSSR count). The highest BCUT2D eigenvalue weighted by Gasteiger charge is 2.14. The van der Waals surface area contributed by atoms with E-state index in [0.29, 0.717) is 6.42 Å². The van der Waals surface area contributed by atoms with Crippen molar-refractivity contribution in [3.63, 3.8) is 0 Å². The molecular formula is C16H25NO2S. The third-order valence-corrected chi connectivity index (χ3v) is 4.27. The van der Waals surface area contributed by atoms with Crippen LogP contribution >= 0.6 is 11.8 Å². The highest BCUT2D eigenvalue weighted by atomic mass is 32.2. The van der Waals surface area contributed by atoms with Gasteiger partial charge in [-0.2, -0.15) is 11.8 Å². The molecule has 112 valence electrons. The van der Waals surface area contributed by atoms with Crippen molar-refractivity contribution in [3.8, 4) is 0 Å². The molecule has 0 saturated heterocycles. The van der Waals surface area contributed by atoms with Gasteiger partial charge in [-0.25, -0.2) is 0 Å². The molecule has 1 unspecified atom stereocenters. The SMILES string of the molecule is COC(=O)CCSCC(N)c1ccc(C(C)(C)C)cc1. The number of carbonyl (C=O) groups excluding carboxylic acids is 1. The molecule has 2 N–H and O–H groups in total. The average molecular weight is 295 g/mol.